The van der Waals surface area contributed by atoms with E-state index in [0.717, 1.165) is 6.54 Å². The maximum atomic E-state index is 12.0. The van der Waals surface area contributed by atoms with Crippen LogP contribution in [0, 0.1) is 5.92 Å². The highest BCUT2D eigenvalue weighted by molar-refractivity contribution is 5.94. The van der Waals surface area contributed by atoms with E-state index in [0.29, 0.717) is 5.56 Å². The van der Waals surface area contributed by atoms with Crippen molar-refractivity contribution in [3.05, 3.63) is 35.4 Å². The quantitative estimate of drug-likeness (QED) is 0.818. The van der Waals surface area contributed by atoms with Crippen molar-refractivity contribution in [1.29, 1.82) is 0 Å². The van der Waals surface area contributed by atoms with Gasteiger partial charge < -0.3 is 15.3 Å². The topological polar surface area (TPSA) is 52.6 Å². The number of amides is 1. The number of benzene rings is 1. The Balaban J connectivity index is 2.67. The maximum Gasteiger partial charge on any atom is 0.251 e. The highest BCUT2D eigenvalue weighted by atomic mass is 16.3. The standard InChI is InChI=1S/C15H24N2O2/c1-11(2)14(10-18)16-15(19)13-7-5-12(6-8-13)9-17(3)4/h5-8,11,14,18H,9-10H2,1-4H3,(H,16,19). The van der Waals surface area contributed by atoms with Gasteiger partial charge in [0.1, 0.15) is 0 Å². The van der Waals surface area contributed by atoms with Crippen LogP contribution in [0.15, 0.2) is 24.3 Å². The lowest BCUT2D eigenvalue weighted by Gasteiger charge is -2.20. The number of nitrogens with one attached hydrogen (secondary N) is 1. The number of rotatable bonds is 6. The Morgan fingerprint density at radius 2 is 1.84 bits per heavy atom. The van der Waals surface area contributed by atoms with Crippen LogP contribution in [0.5, 0.6) is 0 Å². The molecular formula is C15H24N2O2. The zero-order chi connectivity index (χ0) is 14.4. The SMILES string of the molecule is CC(C)C(CO)NC(=O)c1ccc(CN(C)C)cc1. The molecule has 0 spiro atoms. The molecule has 1 atom stereocenters. The smallest absolute Gasteiger partial charge is 0.251 e. The first-order valence-corrected chi connectivity index (χ1v) is 6.59. The molecule has 0 saturated heterocycles. The van der Waals surface area contributed by atoms with Crippen molar-refractivity contribution in [2.75, 3.05) is 20.7 Å². The third kappa shape index (κ3) is 5.01. The molecule has 4 heteroatoms. The van der Waals surface area contributed by atoms with Gasteiger partial charge in [-0.05, 0) is 37.7 Å². The third-order valence-electron chi connectivity index (χ3n) is 3.03. The first-order chi connectivity index (χ1) is 8.93. The highest BCUT2D eigenvalue weighted by Crippen LogP contribution is 2.08. The summed E-state index contributed by atoms with van der Waals surface area (Å²) in [5.74, 6) is 0.0751. The molecule has 4 nitrogen and oxygen atoms in total. The van der Waals surface area contributed by atoms with Gasteiger partial charge in [-0.3, -0.25) is 4.79 Å². The van der Waals surface area contributed by atoms with Crippen molar-refractivity contribution < 1.29 is 9.90 Å². The molecule has 1 aromatic rings. The third-order valence-corrected chi connectivity index (χ3v) is 3.03. The minimum absolute atomic E-state index is 0.0396. The molecule has 106 valence electrons. The number of aliphatic hydroxyl groups excluding tert-OH is 1. The van der Waals surface area contributed by atoms with E-state index < -0.39 is 0 Å². The van der Waals surface area contributed by atoms with E-state index in [1.165, 1.54) is 5.56 Å². The molecule has 0 aliphatic rings. The zero-order valence-corrected chi connectivity index (χ0v) is 12.2. The first-order valence-electron chi connectivity index (χ1n) is 6.59. The van der Waals surface area contributed by atoms with Crippen LogP contribution in [0.2, 0.25) is 0 Å². The summed E-state index contributed by atoms with van der Waals surface area (Å²) < 4.78 is 0. The van der Waals surface area contributed by atoms with Gasteiger partial charge in [0.05, 0.1) is 12.6 Å². The number of aliphatic hydroxyl groups is 1. The van der Waals surface area contributed by atoms with Crippen LogP contribution in [-0.4, -0.2) is 42.7 Å². The second-order valence-electron chi connectivity index (χ2n) is 5.44. The fourth-order valence-electron chi connectivity index (χ4n) is 1.80. The second-order valence-corrected chi connectivity index (χ2v) is 5.44. The van der Waals surface area contributed by atoms with Crippen molar-refractivity contribution in [3.8, 4) is 0 Å². The van der Waals surface area contributed by atoms with E-state index in [2.05, 4.69) is 10.2 Å². The van der Waals surface area contributed by atoms with E-state index in [1.54, 1.807) is 0 Å². The van der Waals surface area contributed by atoms with E-state index >= 15 is 0 Å². The van der Waals surface area contributed by atoms with Crippen molar-refractivity contribution in [3.63, 3.8) is 0 Å². The average Bonchev–Trinajstić information content (AvgIpc) is 2.35. The molecule has 0 aliphatic heterocycles. The Hall–Kier alpha value is -1.39. The number of carbonyl (C=O) groups excluding carboxylic acids is 1. The summed E-state index contributed by atoms with van der Waals surface area (Å²) in [6.07, 6.45) is 0. The molecule has 1 aromatic carbocycles. The molecule has 0 saturated carbocycles. The molecule has 0 aromatic heterocycles. The lowest BCUT2D eigenvalue weighted by Crippen LogP contribution is -2.41. The van der Waals surface area contributed by atoms with Crippen molar-refractivity contribution in [2.24, 2.45) is 5.92 Å². The van der Waals surface area contributed by atoms with E-state index in [9.17, 15) is 9.90 Å². The Labute approximate surface area is 115 Å². The minimum atomic E-state index is -0.200. The Bertz CT molecular complexity index is 399. The number of hydrogen-bond donors (Lipinski definition) is 2. The highest BCUT2D eigenvalue weighted by Gasteiger charge is 2.15. The van der Waals surface area contributed by atoms with Gasteiger partial charge in [0.25, 0.3) is 5.91 Å². The predicted octanol–water partition coefficient (Wildman–Crippen LogP) is 1.49. The number of nitrogens with zero attached hydrogens (tertiary/aromatic N) is 1. The summed E-state index contributed by atoms with van der Waals surface area (Å²) >= 11 is 0. The molecule has 19 heavy (non-hydrogen) atoms. The minimum Gasteiger partial charge on any atom is -0.394 e. The molecule has 0 heterocycles. The monoisotopic (exact) mass is 264 g/mol. The zero-order valence-electron chi connectivity index (χ0n) is 12.2. The summed E-state index contributed by atoms with van der Waals surface area (Å²) in [6, 6.07) is 7.36. The van der Waals surface area contributed by atoms with Gasteiger partial charge in [-0.15, -0.1) is 0 Å². The van der Waals surface area contributed by atoms with Crippen LogP contribution >= 0.6 is 0 Å². The van der Waals surface area contributed by atoms with Crippen LogP contribution in [-0.2, 0) is 6.54 Å². The van der Waals surface area contributed by atoms with Gasteiger partial charge in [0.15, 0.2) is 0 Å². The van der Waals surface area contributed by atoms with Crippen molar-refractivity contribution >= 4 is 5.91 Å². The molecule has 0 aliphatic carbocycles. The lowest BCUT2D eigenvalue weighted by atomic mass is 10.0. The van der Waals surface area contributed by atoms with Gasteiger partial charge in [-0.2, -0.15) is 0 Å². The maximum absolute atomic E-state index is 12.0. The average molecular weight is 264 g/mol. The van der Waals surface area contributed by atoms with Crippen LogP contribution in [0.4, 0.5) is 0 Å². The number of carbonyl (C=O) groups is 1. The van der Waals surface area contributed by atoms with Crippen LogP contribution < -0.4 is 5.32 Å². The first kappa shape index (κ1) is 15.7. The molecule has 0 bridgehead atoms. The molecule has 0 fully saturated rings. The van der Waals surface area contributed by atoms with Gasteiger partial charge in [0.2, 0.25) is 0 Å². The summed E-state index contributed by atoms with van der Waals surface area (Å²) in [4.78, 5) is 14.1. The van der Waals surface area contributed by atoms with E-state index in [1.807, 2.05) is 52.2 Å². The summed E-state index contributed by atoms with van der Waals surface area (Å²) in [5.41, 5.74) is 1.80. The Kier molecular flexibility index (Phi) is 5.99. The molecule has 1 unspecified atom stereocenters. The largest absolute Gasteiger partial charge is 0.394 e. The van der Waals surface area contributed by atoms with Gasteiger partial charge in [-0.25, -0.2) is 0 Å². The van der Waals surface area contributed by atoms with Gasteiger partial charge in [-0.1, -0.05) is 26.0 Å². The van der Waals surface area contributed by atoms with Crippen molar-refractivity contribution in [1.82, 2.24) is 10.2 Å². The lowest BCUT2D eigenvalue weighted by molar-refractivity contribution is 0.0897. The van der Waals surface area contributed by atoms with Gasteiger partial charge in [0, 0.05) is 12.1 Å². The van der Waals surface area contributed by atoms with Crippen LogP contribution in [0.3, 0.4) is 0 Å². The molecule has 2 N–H and O–H groups in total. The summed E-state index contributed by atoms with van der Waals surface area (Å²) in [5, 5.41) is 12.1. The fraction of sp³-hybridized carbons (Fsp3) is 0.533. The molecule has 1 amide bonds. The Morgan fingerprint density at radius 3 is 2.26 bits per heavy atom. The molecular weight excluding hydrogens is 240 g/mol. The van der Waals surface area contributed by atoms with Gasteiger partial charge >= 0.3 is 0 Å². The van der Waals surface area contributed by atoms with Crippen LogP contribution in [0.1, 0.15) is 29.8 Å². The predicted molar refractivity (Wildman–Crippen MR) is 77.0 cm³/mol. The van der Waals surface area contributed by atoms with E-state index in [-0.39, 0.29) is 24.5 Å². The normalized spacial score (nSPS) is 12.8. The molecule has 0 radical (unpaired) electrons. The number of hydrogen-bond acceptors (Lipinski definition) is 3. The summed E-state index contributed by atoms with van der Waals surface area (Å²) in [6.45, 7) is 4.76. The Morgan fingerprint density at radius 1 is 1.26 bits per heavy atom. The van der Waals surface area contributed by atoms with Crippen LogP contribution in [0.25, 0.3) is 0 Å². The second kappa shape index (κ2) is 7.26. The fourth-order valence-corrected chi connectivity index (χ4v) is 1.80. The van der Waals surface area contributed by atoms with Crippen molar-refractivity contribution in [2.45, 2.75) is 26.4 Å². The molecule has 1 rings (SSSR count). The summed E-state index contributed by atoms with van der Waals surface area (Å²) in [7, 11) is 4.02. The van der Waals surface area contributed by atoms with E-state index in [4.69, 9.17) is 0 Å².